The summed E-state index contributed by atoms with van der Waals surface area (Å²) in [6, 6.07) is 9.79. The quantitative estimate of drug-likeness (QED) is 0.587. The molecule has 19 heavy (non-hydrogen) atoms. The minimum absolute atomic E-state index is 0.216. The highest BCUT2D eigenvalue weighted by Crippen LogP contribution is 2.28. The minimum Gasteiger partial charge on any atom is -0.294 e. The second-order valence-electron chi connectivity index (χ2n) is 5.43. The highest BCUT2D eigenvalue weighted by atomic mass is 16.1. The fourth-order valence-corrected chi connectivity index (χ4v) is 3.08. The molecule has 0 bridgehead atoms. The van der Waals surface area contributed by atoms with Crippen LogP contribution in [-0.2, 0) is 0 Å². The molecule has 1 aromatic heterocycles. The van der Waals surface area contributed by atoms with E-state index in [0.717, 1.165) is 29.3 Å². The smallest absolute Gasteiger partial charge is 0.166 e. The average molecular weight is 253 g/mol. The Labute approximate surface area is 113 Å². The van der Waals surface area contributed by atoms with E-state index in [0.29, 0.717) is 5.78 Å². The van der Waals surface area contributed by atoms with Gasteiger partial charge in [0.2, 0.25) is 0 Å². The Morgan fingerprint density at radius 3 is 2.58 bits per heavy atom. The van der Waals surface area contributed by atoms with Gasteiger partial charge in [-0.1, -0.05) is 43.9 Å². The number of nitrogens with zero attached hydrogens (tertiary/aromatic N) is 1. The summed E-state index contributed by atoms with van der Waals surface area (Å²) in [7, 11) is 0. The van der Waals surface area contributed by atoms with E-state index in [1.165, 1.54) is 25.7 Å². The van der Waals surface area contributed by atoms with Gasteiger partial charge in [0.1, 0.15) is 0 Å². The molecule has 0 amide bonds. The summed E-state index contributed by atoms with van der Waals surface area (Å²) in [6.45, 7) is 0. The molecule has 1 fully saturated rings. The number of hydrogen-bond donors (Lipinski definition) is 0. The summed E-state index contributed by atoms with van der Waals surface area (Å²) < 4.78 is 0. The maximum absolute atomic E-state index is 12.7. The highest BCUT2D eigenvalue weighted by molar-refractivity contribution is 6.08. The molecule has 2 heteroatoms. The van der Waals surface area contributed by atoms with Gasteiger partial charge in [-0.2, -0.15) is 0 Å². The Morgan fingerprint density at radius 1 is 1.00 bits per heavy atom. The van der Waals surface area contributed by atoms with Crippen LogP contribution in [-0.4, -0.2) is 10.8 Å². The van der Waals surface area contributed by atoms with E-state index < -0.39 is 0 Å². The van der Waals surface area contributed by atoms with Gasteiger partial charge in [-0.05, 0) is 25.0 Å². The van der Waals surface area contributed by atoms with Gasteiger partial charge in [0.25, 0.3) is 0 Å². The normalized spacial score (nSPS) is 17.3. The molecule has 1 aliphatic rings. The van der Waals surface area contributed by atoms with Crippen molar-refractivity contribution in [2.75, 3.05) is 0 Å². The van der Waals surface area contributed by atoms with E-state index in [1.807, 2.05) is 30.3 Å². The van der Waals surface area contributed by atoms with E-state index in [9.17, 15) is 4.79 Å². The van der Waals surface area contributed by atoms with Crippen LogP contribution in [0.2, 0.25) is 0 Å². The second-order valence-corrected chi connectivity index (χ2v) is 5.43. The fraction of sp³-hybridized carbons (Fsp3) is 0.412. The summed E-state index contributed by atoms with van der Waals surface area (Å²) in [5.74, 6) is 0.536. The number of fused-ring (bicyclic) bond motifs is 1. The van der Waals surface area contributed by atoms with Crippen LogP contribution in [0, 0.1) is 5.92 Å². The van der Waals surface area contributed by atoms with Gasteiger partial charge in [0, 0.05) is 23.1 Å². The molecule has 1 aromatic carbocycles. The van der Waals surface area contributed by atoms with Gasteiger partial charge in [-0.3, -0.25) is 9.78 Å². The molecule has 1 aliphatic carbocycles. The van der Waals surface area contributed by atoms with Gasteiger partial charge < -0.3 is 0 Å². The molecule has 0 atom stereocenters. The molecule has 1 saturated carbocycles. The molecule has 0 spiro atoms. The van der Waals surface area contributed by atoms with Crippen molar-refractivity contribution in [2.45, 2.75) is 38.5 Å². The number of aromatic nitrogens is 1. The third-order valence-electron chi connectivity index (χ3n) is 4.14. The standard InChI is InChI=1S/C17H19NO/c19-17(13-7-3-1-2-4-8-13)15-9-5-11-16-14(15)10-6-12-18-16/h5-6,9-13H,1-4,7-8H2. The Bertz CT molecular complexity index is 577. The van der Waals surface area contributed by atoms with Crippen molar-refractivity contribution in [1.82, 2.24) is 4.98 Å². The van der Waals surface area contributed by atoms with Crippen LogP contribution < -0.4 is 0 Å². The molecular formula is C17H19NO. The second kappa shape index (κ2) is 5.52. The number of carbonyl (C=O) groups excluding carboxylic acids is 1. The zero-order valence-electron chi connectivity index (χ0n) is 11.1. The fourth-order valence-electron chi connectivity index (χ4n) is 3.08. The first-order chi connectivity index (χ1) is 9.36. The Hall–Kier alpha value is -1.70. The van der Waals surface area contributed by atoms with Crippen molar-refractivity contribution >= 4 is 16.7 Å². The van der Waals surface area contributed by atoms with Crippen molar-refractivity contribution in [3.8, 4) is 0 Å². The van der Waals surface area contributed by atoms with Gasteiger partial charge in [-0.15, -0.1) is 0 Å². The zero-order valence-corrected chi connectivity index (χ0v) is 11.1. The highest BCUT2D eigenvalue weighted by Gasteiger charge is 2.22. The van der Waals surface area contributed by atoms with Crippen LogP contribution in [0.15, 0.2) is 36.5 Å². The maximum atomic E-state index is 12.7. The van der Waals surface area contributed by atoms with Crippen molar-refractivity contribution in [3.63, 3.8) is 0 Å². The number of rotatable bonds is 2. The van der Waals surface area contributed by atoms with Crippen LogP contribution >= 0.6 is 0 Å². The van der Waals surface area contributed by atoms with Gasteiger partial charge in [0.05, 0.1) is 5.52 Å². The van der Waals surface area contributed by atoms with Crippen LogP contribution in [0.1, 0.15) is 48.9 Å². The number of benzene rings is 1. The van der Waals surface area contributed by atoms with Crippen LogP contribution in [0.4, 0.5) is 0 Å². The predicted molar refractivity (Wildman–Crippen MR) is 77.3 cm³/mol. The van der Waals surface area contributed by atoms with Crippen molar-refractivity contribution < 1.29 is 4.79 Å². The summed E-state index contributed by atoms with van der Waals surface area (Å²) in [4.78, 5) is 17.1. The molecular weight excluding hydrogens is 234 g/mol. The lowest BCUT2D eigenvalue weighted by Crippen LogP contribution is -2.14. The van der Waals surface area contributed by atoms with Crippen LogP contribution in [0.25, 0.3) is 10.9 Å². The van der Waals surface area contributed by atoms with E-state index in [4.69, 9.17) is 0 Å². The molecule has 2 aromatic rings. The number of carbonyl (C=O) groups is 1. The largest absolute Gasteiger partial charge is 0.294 e. The SMILES string of the molecule is O=C(c1cccc2ncccc12)C1CCCCCC1. The van der Waals surface area contributed by atoms with Crippen LogP contribution in [0.3, 0.4) is 0 Å². The molecule has 0 N–H and O–H groups in total. The zero-order chi connectivity index (χ0) is 13.1. The van der Waals surface area contributed by atoms with E-state index >= 15 is 0 Å². The molecule has 1 heterocycles. The number of hydrogen-bond acceptors (Lipinski definition) is 2. The molecule has 0 radical (unpaired) electrons. The molecule has 98 valence electrons. The van der Waals surface area contributed by atoms with Crippen LogP contribution in [0.5, 0.6) is 0 Å². The van der Waals surface area contributed by atoms with Crippen molar-refractivity contribution in [3.05, 3.63) is 42.1 Å². The number of Topliss-reactive ketones (excluding diaryl/α,β-unsaturated/α-hetero) is 1. The first kappa shape index (κ1) is 12.3. The monoisotopic (exact) mass is 253 g/mol. The first-order valence-corrected chi connectivity index (χ1v) is 7.24. The third-order valence-corrected chi connectivity index (χ3v) is 4.14. The Balaban J connectivity index is 1.96. The minimum atomic E-state index is 0.216. The van der Waals surface area contributed by atoms with Gasteiger partial charge >= 0.3 is 0 Å². The molecule has 0 saturated heterocycles. The molecule has 3 rings (SSSR count). The Morgan fingerprint density at radius 2 is 1.79 bits per heavy atom. The van der Waals surface area contributed by atoms with E-state index in [1.54, 1.807) is 6.20 Å². The van der Waals surface area contributed by atoms with E-state index in [2.05, 4.69) is 4.98 Å². The molecule has 0 unspecified atom stereocenters. The van der Waals surface area contributed by atoms with E-state index in [-0.39, 0.29) is 5.92 Å². The van der Waals surface area contributed by atoms with Crippen molar-refractivity contribution in [1.29, 1.82) is 0 Å². The van der Waals surface area contributed by atoms with Gasteiger partial charge in [0.15, 0.2) is 5.78 Å². The number of ketones is 1. The lowest BCUT2D eigenvalue weighted by atomic mass is 9.89. The topological polar surface area (TPSA) is 30.0 Å². The third kappa shape index (κ3) is 2.53. The summed E-state index contributed by atoms with van der Waals surface area (Å²) in [5, 5.41) is 0.999. The van der Waals surface area contributed by atoms with Crippen molar-refractivity contribution in [2.24, 2.45) is 5.92 Å². The van der Waals surface area contributed by atoms with Gasteiger partial charge in [-0.25, -0.2) is 0 Å². The number of pyridine rings is 1. The first-order valence-electron chi connectivity index (χ1n) is 7.24. The molecule has 0 aliphatic heterocycles. The summed E-state index contributed by atoms with van der Waals surface area (Å²) >= 11 is 0. The summed E-state index contributed by atoms with van der Waals surface area (Å²) in [6.07, 6.45) is 8.83. The lowest BCUT2D eigenvalue weighted by Gasteiger charge is -2.14. The average Bonchev–Trinajstić information content (AvgIpc) is 2.75. The summed E-state index contributed by atoms with van der Waals surface area (Å²) in [5.41, 5.74) is 1.78. The maximum Gasteiger partial charge on any atom is 0.166 e. The predicted octanol–water partition coefficient (Wildman–Crippen LogP) is 4.39. The molecule has 2 nitrogen and oxygen atoms in total. The lowest BCUT2D eigenvalue weighted by molar-refractivity contribution is 0.0909. The Kier molecular flexibility index (Phi) is 3.58.